The van der Waals surface area contributed by atoms with Gasteiger partial charge in [0.15, 0.2) is 5.82 Å². The molecule has 5 rings (SSSR count). The second kappa shape index (κ2) is 11.0. The third-order valence-corrected chi connectivity index (χ3v) is 7.84. The molecule has 2 aliphatic rings. The summed E-state index contributed by atoms with van der Waals surface area (Å²) in [6.45, 7) is 6.37. The average molecular weight is 535 g/mol. The minimum absolute atomic E-state index is 0.120. The van der Waals surface area contributed by atoms with Gasteiger partial charge in [0, 0.05) is 58.3 Å². The van der Waals surface area contributed by atoms with Crippen LogP contribution >= 0.6 is 0 Å². The van der Waals surface area contributed by atoms with E-state index in [4.69, 9.17) is 0 Å². The lowest BCUT2D eigenvalue weighted by molar-refractivity contribution is -0.132. The van der Waals surface area contributed by atoms with E-state index in [1.165, 1.54) is 0 Å². The number of halogens is 1. The summed E-state index contributed by atoms with van der Waals surface area (Å²) >= 11 is 0. The highest BCUT2D eigenvalue weighted by atomic mass is 19.1. The number of carbonyl (C=O) groups is 2. The summed E-state index contributed by atoms with van der Waals surface area (Å²) < 4.78 is 16.6. The van der Waals surface area contributed by atoms with Crippen LogP contribution in [0.3, 0.4) is 0 Å². The second-order valence-electron chi connectivity index (χ2n) is 10.6. The van der Waals surface area contributed by atoms with Gasteiger partial charge in [-0.2, -0.15) is 0 Å². The van der Waals surface area contributed by atoms with Crippen LogP contribution in [0.2, 0.25) is 0 Å². The normalized spacial score (nSPS) is 15.7. The predicted molar refractivity (Wildman–Crippen MR) is 147 cm³/mol. The first-order chi connectivity index (χ1) is 18.7. The summed E-state index contributed by atoms with van der Waals surface area (Å²) in [4.78, 5) is 41.8. The van der Waals surface area contributed by atoms with E-state index >= 15 is 0 Å². The third-order valence-electron chi connectivity index (χ3n) is 7.84. The first kappa shape index (κ1) is 26.6. The Bertz CT molecular complexity index is 1360. The number of nitrogens with one attached hydrogen (secondary N) is 2. The molecule has 3 aromatic heterocycles. The van der Waals surface area contributed by atoms with Crippen molar-refractivity contribution in [3.63, 3.8) is 0 Å². The van der Waals surface area contributed by atoms with Gasteiger partial charge in [-0.3, -0.25) is 9.59 Å². The molecule has 0 bridgehead atoms. The Morgan fingerprint density at radius 2 is 2.00 bits per heavy atom. The maximum absolute atomic E-state index is 14.8. The average Bonchev–Trinajstić information content (AvgIpc) is 3.27. The number of hydrogen-bond acceptors (Lipinski definition) is 7. The Morgan fingerprint density at radius 1 is 1.23 bits per heavy atom. The molecule has 0 saturated carbocycles. The lowest BCUT2D eigenvalue weighted by Crippen LogP contribution is -2.38. The predicted octanol–water partition coefficient (Wildman–Crippen LogP) is 3.52. The summed E-state index contributed by atoms with van der Waals surface area (Å²) in [6, 6.07) is 5.73. The number of hydrogen-bond donors (Lipinski definition) is 2. The molecule has 39 heavy (non-hydrogen) atoms. The molecule has 2 amide bonds. The monoisotopic (exact) mass is 534 g/mol. The highest BCUT2D eigenvalue weighted by Gasteiger charge is 2.26. The van der Waals surface area contributed by atoms with Crippen molar-refractivity contribution in [2.75, 3.05) is 36.9 Å². The molecule has 1 saturated heterocycles. The first-order valence-electron chi connectivity index (χ1n) is 13.4. The van der Waals surface area contributed by atoms with Gasteiger partial charge in [0.1, 0.15) is 11.5 Å². The zero-order valence-corrected chi connectivity index (χ0v) is 22.9. The van der Waals surface area contributed by atoms with E-state index in [9.17, 15) is 14.0 Å². The highest BCUT2D eigenvalue weighted by Crippen LogP contribution is 2.29. The molecule has 5 heterocycles. The number of amides is 2. The summed E-state index contributed by atoms with van der Waals surface area (Å²) in [5.41, 5.74) is 3.05. The number of piperidine rings is 1. The van der Waals surface area contributed by atoms with Crippen LogP contribution in [0.25, 0.3) is 11.4 Å². The van der Waals surface area contributed by atoms with Crippen LogP contribution in [-0.4, -0.2) is 69.0 Å². The van der Waals surface area contributed by atoms with E-state index in [-0.39, 0.29) is 29.5 Å². The lowest BCUT2D eigenvalue weighted by atomic mass is 9.92. The van der Waals surface area contributed by atoms with Crippen molar-refractivity contribution in [2.45, 2.75) is 45.6 Å². The van der Waals surface area contributed by atoms with Crippen molar-refractivity contribution in [3.05, 3.63) is 47.7 Å². The molecule has 1 fully saturated rings. The number of aromatic nitrogens is 4. The number of nitrogens with zero attached hydrogens (tertiary/aromatic N) is 6. The molecule has 206 valence electrons. The first-order valence-corrected chi connectivity index (χ1v) is 13.4. The van der Waals surface area contributed by atoms with E-state index in [1.807, 2.05) is 49.5 Å². The van der Waals surface area contributed by atoms with Crippen LogP contribution in [0.5, 0.6) is 0 Å². The topological polar surface area (TPSA) is 108 Å². The standard InChI is InChI=1S/C28H35FN8O2/c1-17(2)35(3)25(38)13-18-8-11-37(12-9-18)19-5-6-24(31-15-19)33-28-32-16-21(29)26(34-28)23-14-20-22(36(23)4)7-10-30-27(20)39/h5-6,14-18H,7-13H2,1-4H3,(H,30,39)(H,31,32,33,34). The molecule has 0 aliphatic carbocycles. The Labute approximate surface area is 227 Å². The second-order valence-corrected chi connectivity index (χ2v) is 10.6. The quantitative estimate of drug-likeness (QED) is 0.478. The van der Waals surface area contributed by atoms with E-state index < -0.39 is 5.82 Å². The number of fused-ring (bicyclic) bond motifs is 1. The van der Waals surface area contributed by atoms with Gasteiger partial charge in [-0.25, -0.2) is 19.3 Å². The van der Waals surface area contributed by atoms with Gasteiger partial charge in [-0.1, -0.05) is 0 Å². The Hall–Kier alpha value is -4.02. The summed E-state index contributed by atoms with van der Waals surface area (Å²) in [7, 11) is 3.68. The van der Waals surface area contributed by atoms with Crippen molar-refractivity contribution in [3.8, 4) is 11.4 Å². The van der Waals surface area contributed by atoms with E-state index in [0.29, 0.717) is 42.4 Å². The molecule has 3 aromatic rings. The molecule has 10 nitrogen and oxygen atoms in total. The molecule has 2 N–H and O–H groups in total. The van der Waals surface area contributed by atoms with E-state index in [0.717, 1.165) is 43.5 Å². The summed E-state index contributed by atoms with van der Waals surface area (Å²) in [5, 5.41) is 5.88. The molecule has 0 spiro atoms. The third kappa shape index (κ3) is 5.57. The minimum Gasteiger partial charge on any atom is -0.370 e. The van der Waals surface area contributed by atoms with Gasteiger partial charge in [-0.05, 0) is 50.8 Å². The van der Waals surface area contributed by atoms with Crippen molar-refractivity contribution in [1.82, 2.24) is 29.7 Å². The molecule has 2 aliphatic heterocycles. The van der Waals surface area contributed by atoms with Gasteiger partial charge >= 0.3 is 0 Å². The van der Waals surface area contributed by atoms with Crippen molar-refractivity contribution >= 4 is 29.3 Å². The van der Waals surface area contributed by atoms with Gasteiger partial charge in [0.05, 0.1) is 29.3 Å². The molecule has 0 radical (unpaired) electrons. The van der Waals surface area contributed by atoms with E-state index in [1.54, 1.807) is 12.3 Å². The highest BCUT2D eigenvalue weighted by molar-refractivity contribution is 5.97. The number of anilines is 3. The fraction of sp³-hybridized carbons (Fsp3) is 0.464. The maximum atomic E-state index is 14.8. The van der Waals surface area contributed by atoms with Crippen LogP contribution in [0, 0.1) is 11.7 Å². The molecule has 0 atom stereocenters. The molecule has 0 aromatic carbocycles. The number of rotatable bonds is 7. The Morgan fingerprint density at radius 3 is 2.67 bits per heavy atom. The van der Waals surface area contributed by atoms with Crippen molar-refractivity contribution < 1.29 is 14.0 Å². The fourth-order valence-electron chi connectivity index (χ4n) is 5.20. The number of pyridine rings is 1. The zero-order valence-electron chi connectivity index (χ0n) is 22.9. The van der Waals surface area contributed by atoms with Gasteiger partial charge < -0.3 is 25.0 Å². The summed E-state index contributed by atoms with van der Waals surface area (Å²) in [5.74, 6) is 0.641. The Kier molecular flexibility index (Phi) is 7.49. The molecule has 0 unspecified atom stereocenters. The van der Waals surface area contributed by atoms with E-state index in [2.05, 4.69) is 30.5 Å². The lowest BCUT2D eigenvalue weighted by Gasteiger charge is -2.34. The van der Waals surface area contributed by atoms with Gasteiger partial charge in [0.2, 0.25) is 11.9 Å². The number of carbonyl (C=O) groups excluding carboxylic acids is 2. The summed E-state index contributed by atoms with van der Waals surface area (Å²) in [6.07, 6.45) is 6.13. The maximum Gasteiger partial charge on any atom is 0.253 e. The van der Waals surface area contributed by atoms with Gasteiger partial charge in [0.25, 0.3) is 5.91 Å². The van der Waals surface area contributed by atoms with Crippen molar-refractivity contribution in [2.24, 2.45) is 13.0 Å². The van der Waals surface area contributed by atoms with Gasteiger partial charge in [-0.15, -0.1) is 0 Å². The smallest absolute Gasteiger partial charge is 0.253 e. The van der Waals surface area contributed by atoms with Crippen LogP contribution in [0.1, 0.15) is 49.2 Å². The molecular weight excluding hydrogens is 499 g/mol. The SMILES string of the molecule is CC(C)N(C)C(=O)CC1CCN(c2ccc(Nc3ncc(F)c(-c4cc5c(n4C)CCNC5=O)n3)nc2)CC1. The molecular formula is C28H35FN8O2. The minimum atomic E-state index is -0.567. The van der Waals surface area contributed by atoms with Crippen LogP contribution in [0.15, 0.2) is 30.6 Å². The molecule has 11 heteroatoms. The van der Waals surface area contributed by atoms with Crippen LogP contribution in [-0.2, 0) is 18.3 Å². The van der Waals surface area contributed by atoms with Crippen LogP contribution in [0.4, 0.5) is 21.8 Å². The fourth-order valence-corrected chi connectivity index (χ4v) is 5.20. The van der Waals surface area contributed by atoms with Crippen molar-refractivity contribution in [1.29, 1.82) is 0 Å². The zero-order chi connectivity index (χ0) is 27.7. The van der Waals surface area contributed by atoms with Crippen LogP contribution < -0.4 is 15.5 Å². The Balaban J connectivity index is 1.23. The largest absolute Gasteiger partial charge is 0.370 e.